The summed E-state index contributed by atoms with van der Waals surface area (Å²) in [4.78, 5) is 1.91. The molecule has 1 heterocycles. The Morgan fingerprint density at radius 3 is 2.76 bits per heavy atom. The summed E-state index contributed by atoms with van der Waals surface area (Å²) < 4.78 is 22.9. The number of nitrogens with two attached hydrogens (primary N) is 1. The molecule has 2 rings (SSSR count). The van der Waals surface area contributed by atoms with Crippen LogP contribution in [0.4, 0.5) is 11.4 Å². The SMILES string of the molecule is CN(c1cccc(Cl)c1N)C1CCS(=O)(=O)C1. The van der Waals surface area contributed by atoms with Gasteiger partial charge in [-0.15, -0.1) is 0 Å². The number of benzene rings is 1. The van der Waals surface area contributed by atoms with Crippen LogP contribution in [0.2, 0.25) is 5.02 Å². The van der Waals surface area contributed by atoms with Gasteiger partial charge in [0.2, 0.25) is 0 Å². The third-order valence-corrected chi connectivity index (χ3v) is 5.25. The molecular formula is C11H15ClN2O2S. The molecule has 1 unspecified atom stereocenters. The highest BCUT2D eigenvalue weighted by atomic mass is 35.5. The van der Waals surface area contributed by atoms with Gasteiger partial charge >= 0.3 is 0 Å². The molecule has 0 saturated carbocycles. The Labute approximate surface area is 106 Å². The number of halogens is 1. The van der Waals surface area contributed by atoms with Crippen LogP contribution in [0, 0.1) is 0 Å². The molecule has 0 spiro atoms. The van der Waals surface area contributed by atoms with Crippen molar-refractivity contribution in [3.8, 4) is 0 Å². The third kappa shape index (κ3) is 2.50. The Morgan fingerprint density at radius 2 is 2.18 bits per heavy atom. The van der Waals surface area contributed by atoms with Crippen molar-refractivity contribution in [2.45, 2.75) is 12.5 Å². The van der Waals surface area contributed by atoms with Crippen molar-refractivity contribution in [2.75, 3.05) is 29.2 Å². The van der Waals surface area contributed by atoms with Crippen LogP contribution in [0.25, 0.3) is 0 Å². The lowest BCUT2D eigenvalue weighted by Crippen LogP contribution is -2.33. The average Bonchev–Trinajstić information content (AvgIpc) is 2.62. The standard InChI is InChI=1S/C11H15ClN2O2S/c1-14(8-5-6-17(15,16)7-8)10-4-2-3-9(12)11(10)13/h2-4,8H,5-7,13H2,1H3. The lowest BCUT2D eigenvalue weighted by molar-refractivity contribution is 0.601. The first kappa shape index (κ1) is 12.5. The molecule has 4 nitrogen and oxygen atoms in total. The fourth-order valence-corrected chi connectivity index (χ4v) is 4.05. The van der Waals surface area contributed by atoms with Crippen molar-refractivity contribution in [3.05, 3.63) is 23.2 Å². The van der Waals surface area contributed by atoms with Crippen molar-refractivity contribution >= 4 is 32.8 Å². The van der Waals surface area contributed by atoms with Crippen molar-refractivity contribution < 1.29 is 8.42 Å². The van der Waals surface area contributed by atoms with Crippen LogP contribution in [0.3, 0.4) is 0 Å². The van der Waals surface area contributed by atoms with Gasteiger partial charge < -0.3 is 10.6 Å². The Bertz CT molecular complexity index is 530. The van der Waals surface area contributed by atoms with Crippen molar-refractivity contribution in [2.24, 2.45) is 0 Å². The minimum atomic E-state index is -2.89. The first-order valence-electron chi connectivity index (χ1n) is 5.38. The van der Waals surface area contributed by atoms with Gasteiger partial charge in [-0.05, 0) is 18.6 Å². The molecule has 94 valence electrons. The molecule has 1 atom stereocenters. The second-order valence-electron chi connectivity index (χ2n) is 4.34. The number of para-hydroxylation sites is 1. The van der Waals surface area contributed by atoms with E-state index in [0.717, 1.165) is 5.69 Å². The predicted octanol–water partition coefficient (Wildman–Crippen LogP) is 1.55. The second kappa shape index (κ2) is 4.38. The molecule has 0 aromatic heterocycles. The monoisotopic (exact) mass is 274 g/mol. The second-order valence-corrected chi connectivity index (χ2v) is 6.98. The van der Waals surface area contributed by atoms with Gasteiger partial charge in [-0.3, -0.25) is 0 Å². The summed E-state index contributed by atoms with van der Waals surface area (Å²) in [6.07, 6.45) is 0.644. The Kier molecular flexibility index (Phi) is 3.23. The average molecular weight is 275 g/mol. The normalized spacial score (nSPS) is 22.6. The molecule has 1 aliphatic rings. The first-order valence-corrected chi connectivity index (χ1v) is 7.58. The number of rotatable bonds is 2. The van der Waals surface area contributed by atoms with Crippen LogP contribution in [-0.4, -0.2) is 33.0 Å². The zero-order valence-corrected chi connectivity index (χ0v) is 11.1. The van der Waals surface area contributed by atoms with Gasteiger partial charge in [0.05, 0.1) is 27.9 Å². The summed E-state index contributed by atoms with van der Waals surface area (Å²) in [7, 11) is -1.03. The zero-order chi connectivity index (χ0) is 12.6. The van der Waals surface area contributed by atoms with E-state index in [0.29, 0.717) is 17.1 Å². The summed E-state index contributed by atoms with van der Waals surface area (Å²) >= 11 is 5.95. The van der Waals surface area contributed by atoms with Gasteiger partial charge in [-0.2, -0.15) is 0 Å². The van der Waals surface area contributed by atoms with Gasteiger partial charge in [-0.1, -0.05) is 17.7 Å². The smallest absolute Gasteiger partial charge is 0.152 e. The van der Waals surface area contributed by atoms with E-state index in [1.54, 1.807) is 6.07 Å². The summed E-state index contributed by atoms with van der Waals surface area (Å²) in [6, 6.07) is 5.38. The van der Waals surface area contributed by atoms with Crippen LogP contribution in [0.15, 0.2) is 18.2 Å². The molecule has 1 saturated heterocycles. The van der Waals surface area contributed by atoms with E-state index >= 15 is 0 Å². The highest BCUT2D eigenvalue weighted by Gasteiger charge is 2.31. The van der Waals surface area contributed by atoms with E-state index in [2.05, 4.69) is 0 Å². The molecule has 0 radical (unpaired) electrons. The molecular weight excluding hydrogens is 260 g/mol. The number of nitrogen functional groups attached to an aromatic ring is 1. The molecule has 0 bridgehead atoms. The van der Waals surface area contributed by atoms with Crippen LogP contribution in [0.5, 0.6) is 0 Å². The van der Waals surface area contributed by atoms with Gasteiger partial charge in [0.1, 0.15) is 0 Å². The molecule has 0 aliphatic carbocycles. The van der Waals surface area contributed by atoms with Crippen molar-refractivity contribution in [1.82, 2.24) is 0 Å². The van der Waals surface area contributed by atoms with E-state index < -0.39 is 9.84 Å². The fraction of sp³-hybridized carbons (Fsp3) is 0.455. The molecule has 6 heteroatoms. The van der Waals surface area contributed by atoms with E-state index in [1.807, 2.05) is 24.1 Å². The van der Waals surface area contributed by atoms with Gasteiger partial charge in [0, 0.05) is 13.1 Å². The molecule has 1 aromatic carbocycles. The third-order valence-electron chi connectivity index (χ3n) is 3.17. The minimum Gasteiger partial charge on any atom is -0.396 e. The lowest BCUT2D eigenvalue weighted by Gasteiger charge is -2.27. The van der Waals surface area contributed by atoms with Crippen molar-refractivity contribution in [1.29, 1.82) is 0 Å². The number of anilines is 2. The molecule has 1 aromatic rings. The molecule has 1 aliphatic heterocycles. The highest BCUT2D eigenvalue weighted by Crippen LogP contribution is 2.32. The number of hydrogen-bond acceptors (Lipinski definition) is 4. The summed E-state index contributed by atoms with van der Waals surface area (Å²) in [6.45, 7) is 0. The van der Waals surface area contributed by atoms with E-state index in [4.69, 9.17) is 17.3 Å². The van der Waals surface area contributed by atoms with Crippen LogP contribution in [-0.2, 0) is 9.84 Å². The zero-order valence-electron chi connectivity index (χ0n) is 9.56. The van der Waals surface area contributed by atoms with E-state index in [-0.39, 0.29) is 17.5 Å². The summed E-state index contributed by atoms with van der Waals surface area (Å²) in [5, 5.41) is 0.496. The van der Waals surface area contributed by atoms with Gasteiger partial charge in [0.25, 0.3) is 0 Å². The fourth-order valence-electron chi connectivity index (χ4n) is 2.11. The van der Waals surface area contributed by atoms with Gasteiger partial charge in [0.15, 0.2) is 9.84 Å². The first-order chi connectivity index (χ1) is 7.91. The van der Waals surface area contributed by atoms with Crippen molar-refractivity contribution in [3.63, 3.8) is 0 Å². The van der Waals surface area contributed by atoms with E-state index in [9.17, 15) is 8.42 Å². The molecule has 0 amide bonds. The number of hydrogen-bond donors (Lipinski definition) is 1. The number of sulfone groups is 1. The predicted molar refractivity (Wildman–Crippen MR) is 71.3 cm³/mol. The molecule has 2 N–H and O–H groups in total. The minimum absolute atomic E-state index is 0.0132. The van der Waals surface area contributed by atoms with Gasteiger partial charge in [-0.25, -0.2) is 8.42 Å². The summed E-state index contributed by atoms with van der Waals surface area (Å²) in [5.41, 5.74) is 7.19. The molecule has 1 fully saturated rings. The Balaban J connectivity index is 2.26. The van der Waals surface area contributed by atoms with Crippen LogP contribution in [0.1, 0.15) is 6.42 Å². The van der Waals surface area contributed by atoms with E-state index in [1.165, 1.54) is 0 Å². The highest BCUT2D eigenvalue weighted by molar-refractivity contribution is 7.91. The topological polar surface area (TPSA) is 63.4 Å². The molecule has 17 heavy (non-hydrogen) atoms. The van der Waals surface area contributed by atoms with Crippen LogP contribution >= 0.6 is 11.6 Å². The summed E-state index contributed by atoms with van der Waals surface area (Å²) in [5.74, 6) is 0.442. The Morgan fingerprint density at radius 1 is 1.47 bits per heavy atom. The maximum atomic E-state index is 11.4. The maximum absolute atomic E-state index is 11.4. The quantitative estimate of drug-likeness (QED) is 0.831. The largest absolute Gasteiger partial charge is 0.396 e. The Hall–Kier alpha value is -0.940. The van der Waals surface area contributed by atoms with Crippen LogP contribution < -0.4 is 10.6 Å². The lowest BCUT2D eigenvalue weighted by atomic mass is 10.2. The number of nitrogens with zero attached hydrogens (tertiary/aromatic N) is 1. The maximum Gasteiger partial charge on any atom is 0.152 e.